The minimum absolute atomic E-state index is 0.135. The highest BCUT2D eigenvalue weighted by Crippen LogP contribution is 2.33. The van der Waals surface area contributed by atoms with E-state index in [2.05, 4.69) is 35.0 Å². The van der Waals surface area contributed by atoms with Gasteiger partial charge >= 0.3 is 0 Å². The SMILES string of the molecule is COc1ccccc1N1CCN(C(=O)c2ccc3[nH]c4c(c3c2)C[C@H](C)CC4)CC1. The molecule has 1 saturated heterocycles. The van der Waals surface area contributed by atoms with Gasteiger partial charge in [0.05, 0.1) is 12.8 Å². The topological polar surface area (TPSA) is 48.6 Å². The van der Waals surface area contributed by atoms with Gasteiger partial charge in [0.1, 0.15) is 5.75 Å². The van der Waals surface area contributed by atoms with Gasteiger partial charge in [0.15, 0.2) is 0 Å². The van der Waals surface area contributed by atoms with Crippen molar-refractivity contribution < 1.29 is 9.53 Å². The summed E-state index contributed by atoms with van der Waals surface area (Å²) in [5.74, 6) is 1.73. The zero-order chi connectivity index (χ0) is 20.7. The van der Waals surface area contributed by atoms with Crippen molar-refractivity contribution >= 4 is 22.5 Å². The molecule has 1 aliphatic heterocycles. The van der Waals surface area contributed by atoms with Crippen molar-refractivity contribution in [3.05, 3.63) is 59.3 Å². The second-order valence-corrected chi connectivity index (χ2v) is 8.64. The molecule has 2 heterocycles. The van der Waals surface area contributed by atoms with Crippen molar-refractivity contribution in [3.8, 4) is 5.75 Å². The number of ether oxygens (including phenoxy) is 1. The molecule has 5 heteroatoms. The smallest absolute Gasteiger partial charge is 0.253 e. The number of methoxy groups -OCH3 is 1. The first kappa shape index (κ1) is 19.0. The number of nitrogens with zero attached hydrogens (tertiary/aromatic N) is 2. The van der Waals surface area contributed by atoms with Crippen molar-refractivity contribution in [2.45, 2.75) is 26.2 Å². The molecular weight excluding hydrogens is 374 g/mol. The first-order valence-electron chi connectivity index (χ1n) is 10.9. The van der Waals surface area contributed by atoms with Crippen LogP contribution in [0.2, 0.25) is 0 Å². The fraction of sp³-hybridized carbons (Fsp3) is 0.400. The van der Waals surface area contributed by atoms with E-state index in [0.29, 0.717) is 5.92 Å². The average Bonchev–Trinajstić information content (AvgIpc) is 3.15. The molecule has 1 aliphatic carbocycles. The van der Waals surface area contributed by atoms with E-state index in [1.165, 1.54) is 23.1 Å². The fourth-order valence-electron chi connectivity index (χ4n) is 4.95. The van der Waals surface area contributed by atoms with Gasteiger partial charge in [0.2, 0.25) is 0 Å². The third-order valence-electron chi connectivity index (χ3n) is 6.67. The third kappa shape index (κ3) is 3.32. The standard InChI is InChI=1S/C25H29N3O2/c1-17-7-9-21-19(15-17)20-16-18(8-10-22(20)26-21)25(29)28-13-11-27(12-14-28)23-5-3-4-6-24(23)30-2/h3-6,8,10,16-17,26H,7,9,11-15H2,1-2H3/t17-/m1/s1. The number of amides is 1. The fourth-order valence-corrected chi connectivity index (χ4v) is 4.95. The van der Waals surface area contributed by atoms with Crippen LogP contribution in [0, 0.1) is 5.92 Å². The van der Waals surface area contributed by atoms with E-state index in [4.69, 9.17) is 4.74 Å². The Bertz CT molecular complexity index is 1080. The Hall–Kier alpha value is -2.95. The molecule has 2 aliphatic rings. The van der Waals surface area contributed by atoms with Crippen molar-refractivity contribution in [1.82, 2.24) is 9.88 Å². The van der Waals surface area contributed by atoms with Gasteiger partial charge in [-0.05, 0) is 61.1 Å². The van der Waals surface area contributed by atoms with E-state index in [0.717, 1.165) is 61.5 Å². The van der Waals surface area contributed by atoms with Crippen LogP contribution in [0.25, 0.3) is 10.9 Å². The second kappa shape index (κ2) is 7.71. The highest BCUT2D eigenvalue weighted by molar-refractivity contribution is 5.99. The number of fused-ring (bicyclic) bond motifs is 3. The third-order valence-corrected chi connectivity index (χ3v) is 6.67. The predicted molar refractivity (Wildman–Crippen MR) is 121 cm³/mol. The number of rotatable bonds is 3. The Kier molecular flexibility index (Phi) is 4.89. The van der Waals surface area contributed by atoms with Gasteiger partial charge in [-0.3, -0.25) is 4.79 Å². The van der Waals surface area contributed by atoms with E-state index in [9.17, 15) is 4.79 Å². The second-order valence-electron chi connectivity index (χ2n) is 8.64. The van der Waals surface area contributed by atoms with Gasteiger partial charge < -0.3 is 19.5 Å². The quantitative estimate of drug-likeness (QED) is 0.711. The Morgan fingerprint density at radius 3 is 2.70 bits per heavy atom. The minimum Gasteiger partial charge on any atom is -0.495 e. The molecule has 1 atom stereocenters. The molecule has 1 N–H and O–H groups in total. The van der Waals surface area contributed by atoms with Crippen LogP contribution in [-0.2, 0) is 12.8 Å². The zero-order valence-corrected chi connectivity index (χ0v) is 17.8. The molecule has 3 aromatic rings. The van der Waals surface area contributed by atoms with Gasteiger partial charge in [0, 0.05) is 48.3 Å². The summed E-state index contributed by atoms with van der Waals surface area (Å²) in [5.41, 5.74) is 5.83. The highest BCUT2D eigenvalue weighted by Gasteiger charge is 2.25. The van der Waals surface area contributed by atoms with Crippen molar-refractivity contribution in [1.29, 1.82) is 0 Å². The van der Waals surface area contributed by atoms with Crippen LogP contribution in [0.15, 0.2) is 42.5 Å². The van der Waals surface area contributed by atoms with Crippen LogP contribution in [0.4, 0.5) is 5.69 Å². The molecule has 1 aromatic heterocycles. The summed E-state index contributed by atoms with van der Waals surface area (Å²) in [6.07, 6.45) is 3.45. The molecule has 5 rings (SSSR count). The Morgan fingerprint density at radius 2 is 1.90 bits per heavy atom. The van der Waals surface area contributed by atoms with Gasteiger partial charge in [-0.1, -0.05) is 19.1 Å². The number of aromatic amines is 1. The van der Waals surface area contributed by atoms with E-state index in [-0.39, 0.29) is 5.91 Å². The van der Waals surface area contributed by atoms with Crippen LogP contribution in [-0.4, -0.2) is 49.1 Å². The van der Waals surface area contributed by atoms with Gasteiger partial charge in [-0.2, -0.15) is 0 Å². The lowest BCUT2D eigenvalue weighted by molar-refractivity contribution is 0.0747. The van der Waals surface area contributed by atoms with Gasteiger partial charge in [0.25, 0.3) is 5.91 Å². The van der Waals surface area contributed by atoms with Crippen LogP contribution >= 0.6 is 0 Å². The molecule has 0 unspecified atom stereocenters. The molecule has 0 bridgehead atoms. The maximum absolute atomic E-state index is 13.2. The van der Waals surface area contributed by atoms with Crippen molar-refractivity contribution in [3.63, 3.8) is 0 Å². The first-order valence-corrected chi connectivity index (χ1v) is 10.9. The monoisotopic (exact) mass is 403 g/mol. The number of piperazine rings is 1. The van der Waals surface area contributed by atoms with E-state index in [1.807, 2.05) is 29.2 Å². The van der Waals surface area contributed by atoms with Gasteiger partial charge in [-0.15, -0.1) is 0 Å². The van der Waals surface area contributed by atoms with Crippen LogP contribution in [0.1, 0.15) is 35.0 Å². The number of hydrogen-bond acceptors (Lipinski definition) is 3. The molecule has 2 aromatic carbocycles. The first-order chi connectivity index (χ1) is 14.6. The molecule has 5 nitrogen and oxygen atoms in total. The van der Waals surface area contributed by atoms with Crippen LogP contribution in [0.5, 0.6) is 5.75 Å². The maximum Gasteiger partial charge on any atom is 0.253 e. The molecule has 156 valence electrons. The molecule has 30 heavy (non-hydrogen) atoms. The van der Waals surface area contributed by atoms with E-state index < -0.39 is 0 Å². The summed E-state index contributed by atoms with van der Waals surface area (Å²) < 4.78 is 5.50. The lowest BCUT2D eigenvalue weighted by Crippen LogP contribution is -2.48. The van der Waals surface area contributed by atoms with Crippen molar-refractivity contribution in [2.75, 3.05) is 38.2 Å². The summed E-state index contributed by atoms with van der Waals surface area (Å²) >= 11 is 0. The molecular formula is C25H29N3O2. The lowest BCUT2D eigenvalue weighted by Gasteiger charge is -2.36. The van der Waals surface area contributed by atoms with E-state index >= 15 is 0 Å². The van der Waals surface area contributed by atoms with Gasteiger partial charge in [-0.25, -0.2) is 0 Å². The predicted octanol–water partition coefficient (Wildman–Crippen LogP) is 4.26. The van der Waals surface area contributed by atoms with Crippen molar-refractivity contribution in [2.24, 2.45) is 5.92 Å². The number of carbonyl (C=O) groups excluding carboxylic acids is 1. The number of aromatic nitrogens is 1. The Morgan fingerprint density at radius 1 is 1.10 bits per heavy atom. The number of benzene rings is 2. The Balaban J connectivity index is 1.33. The molecule has 1 amide bonds. The summed E-state index contributed by atoms with van der Waals surface area (Å²) in [4.78, 5) is 21.1. The summed E-state index contributed by atoms with van der Waals surface area (Å²) in [6.45, 7) is 5.38. The maximum atomic E-state index is 13.2. The molecule has 0 spiro atoms. The molecule has 0 saturated carbocycles. The summed E-state index contributed by atoms with van der Waals surface area (Å²) in [5, 5.41) is 1.23. The number of hydrogen-bond donors (Lipinski definition) is 1. The van der Waals surface area contributed by atoms with E-state index in [1.54, 1.807) is 7.11 Å². The summed E-state index contributed by atoms with van der Waals surface area (Å²) in [7, 11) is 1.70. The highest BCUT2D eigenvalue weighted by atomic mass is 16.5. The van der Waals surface area contributed by atoms with Crippen LogP contribution < -0.4 is 9.64 Å². The normalized spacial score (nSPS) is 19.1. The number of para-hydroxylation sites is 2. The van der Waals surface area contributed by atoms with Crippen LogP contribution in [0.3, 0.4) is 0 Å². The number of aryl methyl sites for hydroxylation is 1. The minimum atomic E-state index is 0.135. The number of nitrogens with one attached hydrogen (secondary N) is 1. The number of anilines is 1. The zero-order valence-electron chi connectivity index (χ0n) is 17.8. The summed E-state index contributed by atoms with van der Waals surface area (Å²) in [6, 6.07) is 14.2. The molecule has 1 fully saturated rings. The largest absolute Gasteiger partial charge is 0.495 e. The average molecular weight is 404 g/mol. The number of H-pyrrole nitrogens is 1. The molecule has 0 radical (unpaired) electrons. The Labute approximate surface area is 177 Å². The lowest BCUT2D eigenvalue weighted by atomic mass is 9.87. The number of carbonyl (C=O) groups is 1.